The van der Waals surface area contributed by atoms with Gasteiger partial charge in [0.2, 0.25) is 23.6 Å². The summed E-state index contributed by atoms with van der Waals surface area (Å²) in [5.74, 6) is -7.17. The fraction of sp³-hybridized carbons (Fsp3) is 0.225. The number of allylic oxidation sites excluding steroid dienone is 2. The Labute approximate surface area is 292 Å². The Morgan fingerprint density at radius 3 is 2.22 bits per heavy atom. The van der Waals surface area contributed by atoms with Gasteiger partial charge in [0.15, 0.2) is 0 Å². The van der Waals surface area contributed by atoms with Gasteiger partial charge in [0.05, 0.1) is 40.1 Å². The number of carbonyl (C=O) groups is 5. The molecule has 8 rings (SSSR count). The summed E-state index contributed by atoms with van der Waals surface area (Å²) < 4.78 is 0. The smallest absolute Gasteiger partial charge is 0.335 e. The number of aromatic carboxylic acids is 1. The molecule has 0 aromatic heterocycles. The molecule has 2 N–H and O–H groups in total. The van der Waals surface area contributed by atoms with Crippen LogP contribution in [0.3, 0.4) is 0 Å². The lowest BCUT2D eigenvalue weighted by Gasteiger charge is -2.50. The monoisotopic (exact) mass is 686 g/mol. The van der Waals surface area contributed by atoms with Crippen molar-refractivity contribution < 1.29 is 34.2 Å². The van der Waals surface area contributed by atoms with Crippen LogP contribution in [-0.4, -0.2) is 39.8 Å². The number of para-hydroxylation sites is 1. The maximum atomic E-state index is 15.3. The number of carboxylic acids is 1. The van der Waals surface area contributed by atoms with Crippen molar-refractivity contribution >= 4 is 52.6 Å². The fourth-order valence-electron chi connectivity index (χ4n) is 9.04. The predicted octanol–water partition coefficient (Wildman–Crippen LogP) is 6.42. The fourth-order valence-corrected chi connectivity index (χ4v) is 9.22. The van der Waals surface area contributed by atoms with Gasteiger partial charge < -0.3 is 10.2 Å². The lowest BCUT2D eigenvalue weighted by molar-refractivity contribution is -0.127. The van der Waals surface area contributed by atoms with Gasteiger partial charge in [-0.25, -0.2) is 9.69 Å². The third-order valence-corrected chi connectivity index (χ3v) is 11.3. The SMILES string of the molecule is Cc1cccc(C2C3=CCC4C(=O)N(c5cccc(C(=O)O)c5)C(=O)C4C3CC3C(=O)N(c4cccc(Cl)c4)C(=O)C32c2ccccc2)c1O. The van der Waals surface area contributed by atoms with E-state index in [0.29, 0.717) is 33.0 Å². The standard InChI is InChI=1S/C40H31ClN2O7/c1-21-8-5-15-29(34(21)44)33-27-16-17-28-32(37(47)42(35(28)45)25-13-6-9-22(18-25)38(48)49)30(27)20-31-36(46)43(26-14-7-12-24(41)19-26)39(50)40(31,33)23-10-3-2-4-11-23/h2-16,18-19,28,30-33,44H,17,20H2,1H3,(H,48,49). The van der Waals surface area contributed by atoms with Gasteiger partial charge in [-0.05, 0) is 73.2 Å². The van der Waals surface area contributed by atoms with Gasteiger partial charge >= 0.3 is 5.97 Å². The predicted molar refractivity (Wildman–Crippen MR) is 185 cm³/mol. The molecule has 4 aromatic rings. The van der Waals surface area contributed by atoms with E-state index in [4.69, 9.17) is 11.6 Å². The maximum absolute atomic E-state index is 15.3. The maximum Gasteiger partial charge on any atom is 0.335 e. The Hall–Kier alpha value is -5.54. The molecule has 6 atom stereocenters. The van der Waals surface area contributed by atoms with Crippen LogP contribution in [0.4, 0.5) is 11.4 Å². The van der Waals surface area contributed by atoms with Crippen molar-refractivity contribution in [3.63, 3.8) is 0 Å². The molecular weight excluding hydrogens is 656 g/mol. The zero-order valence-electron chi connectivity index (χ0n) is 26.8. The number of aryl methyl sites for hydroxylation is 1. The van der Waals surface area contributed by atoms with Gasteiger partial charge in [0, 0.05) is 16.5 Å². The van der Waals surface area contributed by atoms with Crippen LogP contribution in [0.15, 0.2) is 109 Å². The average Bonchev–Trinajstić information content (AvgIpc) is 3.50. The Morgan fingerprint density at radius 2 is 1.50 bits per heavy atom. The molecule has 1 saturated carbocycles. The first-order valence-corrected chi connectivity index (χ1v) is 16.8. The van der Waals surface area contributed by atoms with Crippen molar-refractivity contribution in [2.75, 3.05) is 9.80 Å². The highest BCUT2D eigenvalue weighted by Crippen LogP contribution is 2.65. The molecule has 10 heteroatoms. The molecule has 9 nitrogen and oxygen atoms in total. The van der Waals surface area contributed by atoms with E-state index in [1.165, 1.54) is 29.2 Å². The highest BCUT2D eigenvalue weighted by atomic mass is 35.5. The summed E-state index contributed by atoms with van der Waals surface area (Å²) in [5, 5.41) is 21.7. The normalized spacial score (nSPS) is 27.2. The Balaban J connectivity index is 1.35. The van der Waals surface area contributed by atoms with E-state index in [2.05, 4.69) is 0 Å². The van der Waals surface area contributed by atoms with Crippen LogP contribution >= 0.6 is 11.6 Å². The number of phenolic OH excluding ortho intramolecular Hbond substituents is 1. The number of amides is 4. The molecule has 2 saturated heterocycles. The largest absolute Gasteiger partial charge is 0.507 e. The number of anilines is 2. The number of rotatable bonds is 5. The van der Waals surface area contributed by atoms with E-state index >= 15 is 4.79 Å². The average molecular weight is 687 g/mol. The molecular formula is C40H31ClN2O7. The number of benzene rings is 4. The van der Waals surface area contributed by atoms with Crippen LogP contribution in [0.2, 0.25) is 5.02 Å². The van der Waals surface area contributed by atoms with Crippen LogP contribution in [-0.2, 0) is 24.6 Å². The second kappa shape index (κ2) is 11.5. The van der Waals surface area contributed by atoms with Crippen molar-refractivity contribution in [2.45, 2.75) is 31.1 Å². The first-order chi connectivity index (χ1) is 24.0. The lowest BCUT2D eigenvalue weighted by atomic mass is 9.49. The van der Waals surface area contributed by atoms with Crippen LogP contribution in [0.25, 0.3) is 0 Å². The van der Waals surface area contributed by atoms with Gasteiger partial charge in [-0.2, -0.15) is 0 Å². The third kappa shape index (κ3) is 4.35. The van der Waals surface area contributed by atoms with Gasteiger partial charge in [0.25, 0.3) is 0 Å². The minimum absolute atomic E-state index is 0.0161. The minimum Gasteiger partial charge on any atom is -0.507 e. The van der Waals surface area contributed by atoms with E-state index in [0.717, 1.165) is 4.90 Å². The van der Waals surface area contributed by atoms with Crippen LogP contribution < -0.4 is 9.80 Å². The molecule has 6 unspecified atom stereocenters. The van der Waals surface area contributed by atoms with E-state index in [9.17, 15) is 29.4 Å². The molecule has 0 radical (unpaired) electrons. The molecule has 4 amide bonds. The molecule has 0 bridgehead atoms. The highest BCUT2D eigenvalue weighted by molar-refractivity contribution is 6.32. The Kier molecular flexibility index (Phi) is 7.31. The summed E-state index contributed by atoms with van der Waals surface area (Å²) in [6, 6.07) is 26.7. The molecule has 4 aliphatic rings. The molecule has 2 heterocycles. The first kappa shape index (κ1) is 31.7. The zero-order valence-corrected chi connectivity index (χ0v) is 27.6. The number of carbonyl (C=O) groups excluding carboxylic acids is 4. The number of hydrogen-bond acceptors (Lipinski definition) is 6. The molecule has 2 aliphatic heterocycles. The molecule has 4 aromatic carbocycles. The zero-order chi connectivity index (χ0) is 35.1. The van der Waals surface area contributed by atoms with Crippen molar-refractivity contribution in [2.24, 2.45) is 23.7 Å². The van der Waals surface area contributed by atoms with Crippen molar-refractivity contribution in [3.8, 4) is 5.75 Å². The molecule has 250 valence electrons. The summed E-state index contributed by atoms with van der Waals surface area (Å²) in [6.07, 6.45) is 2.20. The van der Waals surface area contributed by atoms with Crippen molar-refractivity contribution in [1.82, 2.24) is 0 Å². The van der Waals surface area contributed by atoms with Crippen LogP contribution in [0.5, 0.6) is 5.75 Å². The lowest BCUT2D eigenvalue weighted by Crippen LogP contribution is -2.53. The summed E-state index contributed by atoms with van der Waals surface area (Å²) in [7, 11) is 0. The number of halogens is 1. The van der Waals surface area contributed by atoms with E-state index in [-0.39, 0.29) is 29.8 Å². The van der Waals surface area contributed by atoms with E-state index in [1.807, 2.05) is 36.4 Å². The number of hydrogen-bond donors (Lipinski definition) is 2. The number of aromatic hydroxyl groups is 1. The quantitative estimate of drug-likeness (QED) is 0.183. The Bertz CT molecular complexity index is 2180. The molecule has 50 heavy (non-hydrogen) atoms. The summed E-state index contributed by atoms with van der Waals surface area (Å²) in [6.45, 7) is 1.76. The number of carboxylic acid groups (broad SMARTS) is 1. The third-order valence-electron chi connectivity index (χ3n) is 11.1. The summed E-state index contributed by atoms with van der Waals surface area (Å²) >= 11 is 6.37. The van der Waals surface area contributed by atoms with Crippen molar-refractivity contribution in [1.29, 1.82) is 0 Å². The number of phenols is 1. The minimum atomic E-state index is -1.51. The molecule has 2 aliphatic carbocycles. The second-order valence-corrected chi connectivity index (χ2v) is 13.9. The first-order valence-electron chi connectivity index (χ1n) is 16.4. The van der Waals surface area contributed by atoms with E-state index < -0.39 is 64.6 Å². The second-order valence-electron chi connectivity index (χ2n) is 13.5. The number of imide groups is 2. The summed E-state index contributed by atoms with van der Waals surface area (Å²) in [4.78, 5) is 72.6. The Morgan fingerprint density at radius 1 is 0.800 bits per heavy atom. The topological polar surface area (TPSA) is 132 Å². The van der Waals surface area contributed by atoms with Crippen LogP contribution in [0, 0.1) is 30.6 Å². The van der Waals surface area contributed by atoms with Gasteiger partial charge in [-0.1, -0.05) is 83.9 Å². The van der Waals surface area contributed by atoms with Gasteiger partial charge in [-0.3, -0.25) is 24.1 Å². The number of nitrogens with zero attached hydrogens (tertiary/aromatic N) is 2. The van der Waals surface area contributed by atoms with Gasteiger partial charge in [-0.15, -0.1) is 0 Å². The summed E-state index contributed by atoms with van der Waals surface area (Å²) in [5.41, 5.74) is 1.25. The van der Waals surface area contributed by atoms with E-state index in [1.54, 1.807) is 49.4 Å². The highest BCUT2D eigenvalue weighted by Gasteiger charge is 2.70. The van der Waals surface area contributed by atoms with Crippen LogP contribution in [0.1, 0.15) is 45.8 Å². The van der Waals surface area contributed by atoms with Gasteiger partial charge in [0.1, 0.15) is 5.75 Å². The van der Waals surface area contributed by atoms with Crippen molar-refractivity contribution in [3.05, 3.63) is 136 Å². The molecule has 3 fully saturated rings. The molecule has 0 spiro atoms. The number of fused-ring (bicyclic) bond motifs is 4.